The molecule has 0 bridgehead atoms. The van der Waals surface area contributed by atoms with E-state index in [4.69, 9.17) is 10.5 Å². The normalized spacial score (nSPS) is 41.4. The van der Waals surface area contributed by atoms with Gasteiger partial charge in [0.1, 0.15) is 0 Å². The highest BCUT2D eigenvalue weighted by molar-refractivity contribution is 4.94. The highest BCUT2D eigenvalue weighted by Gasteiger charge is 2.39. The van der Waals surface area contributed by atoms with E-state index >= 15 is 0 Å². The summed E-state index contributed by atoms with van der Waals surface area (Å²) in [6.45, 7) is 8.66. The number of hydrogen-bond donors (Lipinski definition) is 1. The Kier molecular flexibility index (Phi) is 3.88. The van der Waals surface area contributed by atoms with Gasteiger partial charge in [0.05, 0.1) is 13.2 Å². The van der Waals surface area contributed by atoms with Gasteiger partial charge in [-0.3, -0.25) is 4.90 Å². The topological polar surface area (TPSA) is 38.5 Å². The molecule has 94 valence electrons. The van der Waals surface area contributed by atoms with Crippen molar-refractivity contribution in [1.82, 2.24) is 4.90 Å². The molecule has 1 saturated heterocycles. The molecule has 0 amide bonds. The van der Waals surface area contributed by atoms with Gasteiger partial charge in [0.2, 0.25) is 0 Å². The first-order valence-electron chi connectivity index (χ1n) is 6.73. The summed E-state index contributed by atoms with van der Waals surface area (Å²) in [5.74, 6) is 0. The molecule has 1 saturated carbocycles. The molecule has 0 aromatic rings. The smallest absolute Gasteiger partial charge is 0.0622 e. The van der Waals surface area contributed by atoms with Crippen LogP contribution in [-0.4, -0.2) is 43.3 Å². The van der Waals surface area contributed by atoms with E-state index in [0.717, 1.165) is 26.3 Å². The molecule has 0 aromatic heterocycles. The molecule has 2 rings (SSSR count). The number of ether oxygens (including phenoxy) is 1. The van der Waals surface area contributed by atoms with Crippen molar-refractivity contribution in [2.24, 2.45) is 11.1 Å². The van der Waals surface area contributed by atoms with Crippen molar-refractivity contribution in [3.05, 3.63) is 0 Å². The Labute approximate surface area is 99.3 Å². The molecule has 0 spiro atoms. The van der Waals surface area contributed by atoms with E-state index in [1.54, 1.807) is 0 Å². The van der Waals surface area contributed by atoms with Gasteiger partial charge in [0.25, 0.3) is 0 Å². The zero-order chi connectivity index (χ0) is 11.6. The van der Waals surface area contributed by atoms with Crippen LogP contribution in [-0.2, 0) is 4.74 Å². The fourth-order valence-electron chi connectivity index (χ4n) is 3.19. The Bertz CT molecular complexity index is 234. The quantitative estimate of drug-likeness (QED) is 0.794. The van der Waals surface area contributed by atoms with Gasteiger partial charge < -0.3 is 10.5 Å². The predicted molar refractivity (Wildman–Crippen MR) is 66.4 cm³/mol. The largest absolute Gasteiger partial charge is 0.378 e. The zero-order valence-corrected chi connectivity index (χ0v) is 10.7. The van der Waals surface area contributed by atoms with Crippen LogP contribution in [0.2, 0.25) is 0 Å². The lowest BCUT2D eigenvalue weighted by atomic mass is 9.84. The van der Waals surface area contributed by atoms with Crippen LogP contribution < -0.4 is 5.73 Å². The van der Waals surface area contributed by atoms with E-state index in [1.807, 2.05) is 0 Å². The third-order valence-corrected chi connectivity index (χ3v) is 4.54. The van der Waals surface area contributed by atoms with E-state index in [0.29, 0.717) is 17.5 Å². The summed E-state index contributed by atoms with van der Waals surface area (Å²) in [7, 11) is 0. The van der Waals surface area contributed by atoms with Crippen molar-refractivity contribution in [2.45, 2.75) is 51.6 Å². The van der Waals surface area contributed by atoms with Gasteiger partial charge in [0, 0.05) is 25.2 Å². The number of rotatable bonds is 3. The van der Waals surface area contributed by atoms with Crippen LogP contribution in [0.5, 0.6) is 0 Å². The maximum atomic E-state index is 6.26. The van der Waals surface area contributed by atoms with Crippen LogP contribution >= 0.6 is 0 Å². The summed E-state index contributed by atoms with van der Waals surface area (Å²) < 4.78 is 5.55. The standard InChI is InChI=1S/C13H26N2O/c1-3-11-9-16-8-7-15(11)10-13(2)6-4-5-12(13)14/h11-12H,3-10,14H2,1-2H3. The molecule has 0 aromatic carbocycles. The van der Waals surface area contributed by atoms with Crippen LogP contribution in [0.15, 0.2) is 0 Å². The van der Waals surface area contributed by atoms with Crippen LogP contribution in [0.3, 0.4) is 0 Å². The highest BCUT2D eigenvalue weighted by Crippen LogP contribution is 2.38. The second kappa shape index (κ2) is 5.03. The SMILES string of the molecule is CCC1COCCN1CC1(C)CCCC1N. The summed E-state index contributed by atoms with van der Waals surface area (Å²) in [4.78, 5) is 2.61. The molecule has 2 fully saturated rings. The molecule has 2 aliphatic rings. The Morgan fingerprint density at radius 1 is 1.50 bits per heavy atom. The molecule has 2 N–H and O–H groups in total. The van der Waals surface area contributed by atoms with Crippen molar-refractivity contribution < 1.29 is 4.74 Å². The van der Waals surface area contributed by atoms with Crippen LogP contribution in [0.4, 0.5) is 0 Å². The van der Waals surface area contributed by atoms with Crippen LogP contribution in [0, 0.1) is 5.41 Å². The van der Waals surface area contributed by atoms with Crippen molar-refractivity contribution in [1.29, 1.82) is 0 Å². The monoisotopic (exact) mass is 226 g/mol. The lowest BCUT2D eigenvalue weighted by Crippen LogP contribution is -2.52. The Balaban J connectivity index is 1.96. The van der Waals surface area contributed by atoms with Crippen molar-refractivity contribution >= 4 is 0 Å². The van der Waals surface area contributed by atoms with Crippen molar-refractivity contribution in [3.8, 4) is 0 Å². The van der Waals surface area contributed by atoms with Crippen LogP contribution in [0.1, 0.15) is 39.5 Å². The van der Waals surface area contributed by atoms with Gasteiger partial charge >= 0.3 is 0 Å². The van der Waals surface area contributed by atoms with Gasteiger partial charge in [-0.1, -0.05) is 20.3 Å². The van der Waals surface area contributed by atoms with E-state index in [1.165, 1.54) is 25.7 Å². The van der Waals surface area contributed by atoms with Crippen molar-refractivity contribution in [3.63, 3.8) is 0 Å². The molecule has 1 heterocycles. The highest BCUT2D eigenvalue weighted by atomic mass is 16.5. The maximum Gasteiger partial charge on any atom is 0.0622 e. The molecule has 1 aliphatic carbocycles. The van der Waals surface area contributed by atoms with Gasteiger partial charge in [-0.15, -0.1) is 0 Å². The van der Waals surface area contributed by atoms with Gasteiger partial charge in [0.15, 0.2) is 0 Å². The number of hydrogen-bond acceptors (Lipinski definition) is 3. The number of nitrogens with two attached hydrogens (primary N) is 1. The Hall–Kier alpha value is -0.120. The van der Waals surface area contributed by atoms with E-state index in [-0.39, 0.29) is 0 Å². The Morgan fingerprint density at radius 3 is 2.94 bits per heavy atom. The molecular formula is C13H26N2O. The zero-order valence-electron chi connectivity index (χ0n) is 10.7. The second-order valence-corrected chi connectivity index (χ2v) is 5.76. The summed E-state index contributed by atoms with van der Waals surface area (Å²) in [5, 5.41) is 0. The first kappa shape index (κ1) is 12.3. The van der Waals surface area contributed by atoms with Gasteiger partial charge in [-0.2, -0.15) is 0 Å². The van der Waals surface area contributed by atoms with Crippen molar-refractivity contribution in [2.75, 3.05) is 26.3 Å². The molecule has 3 atom stereocenters. The second-order valence-electron chi connectivity index (χ2n) is 5.76. The summed E-state index contributed by atoms with van der Waals surface area (Å²) in [5.41, 5.74) is 6.60. The van der Waals surface area contributed by atoms with E-state index in [2.05, 4.69) is 18.7 Å². The number of morpholine rings is 1. The average molecular weight is 226 g/mol. The predicted octanol–water partition coefficient (Wildman–Crippen LogP) is 1.61. The molecule has 0 radical (unpaired) electrons. The summed E-state index contributed by atoms with van der Waals surface area (Å²) in [6, 6.07) is 1.01. The lowest BCUT2D eigenvalue weighted by molar-refractivity contribution is -0.0270. The van der Waals surface area contributed by atoms with E-state index < -0.39 is 0 Å². The molecule has 16 heavy (non-hydrogen) atoms. The van der Waals surface area contributed by atoms with Gasteiger partial charge in [-0.25, -0.2) is 0 Å². The minimum atomic E-state index is 0.338. The molecule has 1 aliphatic heterocycles. The fourth-order valence-corrected chi connectivity index (χ4v) is 3.19. The first-order valence-corrected chi connectivity index (χ1v) is 6.73. The average Bonchev–Trinajstić information content (AvgIpc) is 2.60. The fraction of sp³-hybridized carbons (Fsp3) is 1.00. The maximum absolute atomic E-state index is 6.26. The molecular weight excluding hydrogens is 200 g/mol. The first-order chi connectivity index (χ1) is 7.65. The minimum Gasteiger partial charge on any atom is -0.378 e. The molecule has 3 heteroatoms. The third kappa shape index (κ3) is 2.41. The van der Waals surface area contributed by atoms with E-state index in [9.17, 15) is 0 Å². The lowest BCUT2D eigenvalue weighted by Gasteiger charge is -2.41. The third-order valence-electron chi connectivity index (χ3n) is 4.54. The molecule has 3 nitrogen and oxygen atoms in total. The minimum absolute atomic E-state index is 0.338. The Morgan fingerprint density at radius 2 is 2.31 bits per heavy atom. The summed E-state index contributed by atoms with van der Waals surface area (Å²) >= 11 is 0. The number of nitrogens with zero attached hydrogens (tertiary/aromatic N) is 1. The summed E-state index contributed by atoms with van der Waals surface area (Å²) in [6.07, 6.45) is 4.99. The molecule has 3 unspecified atom stereocenters. The van der Waals surface area contributed by atoms with Crippen LogP contribution in [0.25, 0.3) is 0 Å². The van der Waals surface area contributed by atoms with Gasteiger partial charge in [-0.05, 0) is 24.7 Å².